The fraction of sp³-hybridized carbons (Fsp3) is 0.357. The summed E-state index contributed by atoms with van der Waals surface area (Å²) in [7, 11) is 1.81. The summed E-state index contributed by atoms with van der Waals surface area (Å²) in [5, 5.41) is 0. The van der Waals surface area contributed by atoms with Gasteiger partial charge in [-0.25, -0.2) is 0 Å². The topological polar surface area (TPSA) is 33.5 Å². The first-order chi connectivity index (χ1) is 8.54. The van der Waals surface area contributed by atoms with Gasteiger partial charge in [0.2, 0.25) is 5.91 Å². The number of thiophene rings is 1. The molecule has 0 N–H and O–H groups in total. The van der Waals surface area contributed by atoms with Gasteiger partial charge in [0.05, 0.1) is 13.0 Å². The molecule has 0 aliphatic rings. The maximum absolute atomic E-state index is 12.0. The fourth-order valence-corrected chi connectivity index (χ4v) is 2.64. The van der Waals surface area contributed by atoms with Gasteiger partial charge >= 0.3 is 0 Å². The first-order valence-corrected chi connectivity index (χ1v) is 6.71. The zero-order chi connectivity index (χ0) is 13.1. The van der Waals surface area contributed by atoms with Crippen LogP contribution in [0.3, 0.4) is 0 Å². The van der Waals surface area contributed by atoms with Crippen molar-refractivity contribution < 1.29 is 9.21 Å². The van der Waals surface area contributed by atoms with E-state index in [-0.39, 0.29) is 5.91 Å². The van der Waals surface area contributed by atoms with E-state index in [9.17, 15) is 4.79 Å². The Kier molecular flexibility index (Phi) is 3.87. The molecule has 96 valence electrons. The molecule has 1 amide bonds. The number of nitrogens with zero attached hydrogens (tertiary/aromatic N) is 1. The Morgan fingerprint density at radius 2 is 2.06 bits per heavy atom. The third-order valence-corrected chi connectivity index (χ3v) is 3.74. The van der Waals surface area contributed by atoms with Gasteiger partial charge in [0, 0.05) is 16.8 Å². The lowest BCUT2D eigenvalue weighted by Gasteiger charge is -2.15. The van der Waals surface area contributed by atoms with E-state index >= 15 is 0 Å². The molecule has 2 rings (SSSR count). The highest BCUT2D eigenvalue weighted by Crippen LogP contribution is 2.17. The lowest BCUT2D eigenvalue weighted by molar-refractivity contribution is -0.129. The molecule has 0 fully saturated rings. The molecule has 2 aromatic heterocycles. The molecule has 0 spiro atoms. The van der Waals surface area contributed by atoms with Gasteiger partial charge in [0.15, 0.2) is 0 Å². The summed E-state index contributed by atoms with van der Waals surface area (Å²) in [6, 6.07) is 7.89. The molecule has 4 heteroatoms. The number of hydrogen-bond donors (Lipinski definition) is 0. The maximum atomic E-state index is 12.0. The van der Waals surface area contributed by atoms with Gasteiger partial charge in [-0.2, -0.15) is 0 Å². The summed E-state index contributed by atoms with van der Waals surface area (Å²) in [5.41, 5.74) is 0. The zero-order valence-corrected chi connectivity index (χ0v) is 11.7. The number of furan rings is 1. The Labute approximate surface area is 111 Å². The maximum Gasteiger partial charge on any atom is 0.227 e. The lowest BCUT2D eigenvalue weighted by atomic mass is 10.3. The van der Waals surface area contributed by atoms with Crippen LogP contribution in [0.4, 0.5) is 0 Å². The van der Waals surface area contributed by atoms with Crippen LogP contribution in [0.15, 0.2) is 28.7 Å². The van der Waals surface area contributed by atoms with Crippen LogP contribution in [0.25, 0.3) is 0 Å². The fourth-order valence-electron chi connectivity index (χ4n) is 1.76. The minimum absolute atomic E-state index is 0.117. The van der Waals surface area contributed by atoms with Crippen LogP contribution in [0.5, 0.6) is 0 Å². The third kappa shape index (κ3) is 3.23. The molecule has 0 aliphatic heterocycles. The van der Waals surface area contributed by atoms with Crippen molar-refractivity contribution in [1.82, 2.24) is 4.90 Å². The second-order valence-corrected chi connectivity index (χ2v) is 5.82. The summed E-state index contributed by atoms with van der Waals surface area (Å²) >= 11 is 1.67. The molecule has 18 heavy (non-hydrogen) atoms. The summed E-state index contributed by atoms with van der Waals surface area (Å²) in [5.74, 6) is 1.82. The molecule has 0 saturated carbocycles. The van der Waals surface area contributed by atoms with Crippen LogP contribution in [-0.2, 0) is 17.8 Å². The van der Waals surface area contributed by atoms with Crippen molar-refractivity contribution in [1.29, 1.82) is 0 Å². The van der Waals surface area contributed by atoms with Gasteiger partial charge in [-0.3, -0.25) is 4.79 Å². The highest BCUT2D eigenvalue weighted by molar-refractivity contribution is 7.12. The van der Waals surface area contributed by atoms with E-state index in [0.717, 1.165) is 16.4 Å². The number of carbonyl (C=O) groups excluding carboxylic acids is 1. The van der Waals surface area contributed by atoms with E-state index in [1.54, 1.807) is 23.3 Å². The molecule has 0 unspecified atom stereocenters. The molecule has 0 radical (unpaired) electrons. The first kappa shape index (κ1) is 12.9. The predicted molar refractivity (Wildman–Crippen MR) is 72.7 cm³/mol. The Bertz CT molecular complexity index is 541. The largest absolute Gasteiger partial charge is 0.464 e. The molecule has 0 aliphatic carbocycles. The Morgan fingerprint density at radius 3 is 2.61 bits per heavy atom. The molecule has 2 heterocycles. The smallest absolute Gasteiger partial charge is 0.227 e. The summed E-state index contributed by atoms with van der Waals surface area (Å²) < 4.78 is 5.47. The molecule has 0 aromatic carbocycles. The van der Waals surface area contributed by atoms with Crippen LogP contribution < -0.4 is 0 Å². The van der Waals surface area contributed by atoms with Crippen LogP contribution in [0, 0.1) is 13.8 Å². The van der Waals surface area contributed by atoms with Crippen LogP contribution in [0.2, 0.25) is 0 Å². The van der Waals surface area contributed by atoms with Gasteiger partial charge in [-0.1, -0.05) is 0 Å². The quantitative estimate of drug-likeness (QED) is 0.849. The molecule has 2 aromatic rings. The van der Waals surface area contributed by atoms with Gasteiger partial charge < -0.3 is 9.32 Å². The highest BCUT2D eigenvalue weighted by atomic mass is 32.1. The van der Waals surface area contributed by atoms with E-state index in [1.807, 2.05) is 38.1 Å². The number of hydrogen-bond acceptors (Lipinski definition) is 3. The third-order valence-electron chi connectivity index (χ3n) is 2.74. The molecule has 0 atom stereocenters. The Hall–Kier alpha value is -1.55. The van der Waals surface area contributed by atoms with E-state index in [4.69, 9.17) is 4.42 Å². The van der Waals surface area contributed by atoms with Crippen molar-refractivity contribution in [3.05, 3.63) is 45.5 Å². The average molecular weight is 263 g/mol. The van der Waals surface area contributed by atoms with E-state index in [1.165, 1.54) is 4.88 Å². The average Bonchev–Trinajstić information content (AvgIpc) is 2.88. The van der Waals surface area contributed by atoms with Crippen LogP contribution in [-0.4, -0.2) is 17.9 Å². The number of rotatable bonds is 4. The van der Waals surface area contributed by atoms with Crippen molar-refractivity contribution >= 4 is 17.2 Å². The molecule has 3 nitrogen and oxygen atoms in total. The van der Waals surface area contributed by atoms with Gasteiger partial charge in [0.1, 0.15) is 11.5 Å². The van der Waals surface area contributed by atoms with E-state index < -0.39 is 0 Å². The van der Waals surface area contributed by atoms with E-state index in [0.29, 0.717) is 13.0 Å². The molecular formula is C14H17NO2S. The number of likely N-dealkylation sites (N-methyl/N-ethyl adjacent to an activating group) is 1. The molecular weight excluding hydrogens is 246 g/mol. The zero-order valence-electron chi connectivity index (χ0n) is 10.9. The molecule has 0 bridgehead atoms. The minimum Gasteiger partial charge on any atom is -0.464 e. The van der Waals surface area contributed by atoms with Crippen molar-refractivity contribution in [2.45, 2.75) is 26.8 Å². The first-order valence-electron chi connectivity index (χ1n) is 5.89. The summed E-state index contributed by atoms with van der Waals surface area (Å²) in [6.07, 6.45) is 0.467. The second-order valence-electron chi connectivity index (χ2n) is 4.45. The SMILES string of the molecule is Cc1ccc(CN(C)C(=O)Cc2ccc(C)s2)o1. The number of amides is 1. The highest BCUT2D eigenvalue weighted by Gasteiger charge is 2.12. The Morgan fingerprint density at radius 1 is 1.28 bits per heavy atom. The lowest BCUT2D eigenvalue weighted by Crippen LogP contribution is -2.27. The van der Waals surface area contributed by atoms with Crippen molar-refractivity contribution in [2.24, 2.45) is 0 Å². The van der Waals surface area contributed by atoms with E-state index in [2.05, 4.69) is 0 Å². The minimum atomic E-state index is 0.117. The monoisotopic (exact) mass is 263 g/mol. The summed E-state index contributed by atoms with van der Waals surface area (Å²) in [4.78, 5) is 16.1. The van der Waals surface area contributed by atoms with Gasteiger partial charge in [-0.15, -0.1) is 11.3 Å². The standard InChI is InChI=1S/C14H17NO2S/c1-10-4-6-12(17-10)9-15(3)14(16)8-13-7-5-11(2)18-13/h4-7H,8-9H2,1-3H3. The predicted octanol–water partition coefficient (Wildman–Crippen LogP) is 3.16. The number of aryl methyl sites for hydroxylation is 2. The molecule has 0 saturated heterocycles. The van der Waals surface area contributed by atoms with Gasteiger partial charge in [-0.05, 0) is 38.1 Å². The van der Waals surface area contributed by atoms with Crippen molar-refractivity contribution in [3.8, 4) is 0 Å². The van der Waals surface area contributed by atoms with Gasteiger partial charge in [0.25, 0.3) is 0 Å². The van der Waals surface area contributed by atoms with Crippen molar-refractivity contribution in [3.63, 3.8) is 0 Å². The van der Waals surface area contributed by atoms with Crippen molar-refractivity contribution in [2.75, 3.05) is 7.05 Å². The number of carbonyl (C=O) groups is 1. The summed E-state index contributed by atoms with van der Waals surface area (Å²) in [6.45, 7) is 4.48. The van der Waals surface area contributed by atoms with Crippen LogP contribution >= 0.6 is 11.3 Å². The second kappa shape index (κ2) is 5.40. The van der Waals surface area contributed by atoms with Crippen LogP contribution in [0.1, 0.15) is 21.3 Å². The Balaban J connectivity index is 1.92. The normalized spacial score (nSPS) is 10.6.